The normalized spacial score (nSPS) is 18.1. The van der Waals surface area contributed by atoms with Crippen LogP contribution in [0, 0.1) is 5.41 Å². The summed E-state index contributed by atoms with van der Waals surface area (Å²) in [5.74, 6) is 0. The summed E-state index contributed by atoms with van der Waals surface area (Å²) in [4.78, 5) is 6.09. The topological polar surface area (TPSA) is 0 Å². The highest BCUT2D eigenvalue weighted by Crippen LogP contribution is 2.82. The van der Waals surface area contributed by atoms with Crippen molar-refractivity contribution in [2.24, 2.45) is 5.41 Å². The van der Waals surface area contributed by atoms with Gasteiger partial charge in [0, 0.05) is 19.6 Å². The molecule has 0 saturated heterocycles. The molecule has 0 aromatic heterocycles. The molecular weight excluding hydrogens is 416 g/mol. The lowest BCUT2D eigenvalue weighted by molar-refractivity contribution is 0.510. The van der Waals surface area contributed by atoms with Crippen LogP contribution in [0.5, 0.6) is 0 Å². The van der Waals surface area contributed by atoms with Crippen LogP contribution >= 0.6 is 10.0 Å². The average molecular weight is 453 g/mol. The predicted molar refractivity (Wildman–Crippen MR) is 144 cm³/mol. The molecule has 1 heteroatoms. The van der Waals surface area contributed by atoms with E-state index in [0.29, 0.717) is 0 Å². The third kappa shape index (κ3) is 3.36. The second-order valence-electron chi connectivity index (χ2n) is 11.4. The van der Waals surface area contributed by atoms with E-state index in [0.717, 1.165) is 12.8 Å². The first-order valence-electron chi connectivity index (χ1n) is 12.2. The molecule has 0 unspecified atom stereocenters. The van der Waals surface area contributed by atoms with Crippen LogP contribution in [-0.2, 0) is 5.41 Å². The summed E-state index contributed by atoms with van der Waals surface area (Å²) in [6, 6.07) is 27.7. The number of rotatable bonds is 2. The van der Waals surface area contributed by atoms with Gasteiger partial charge in [-0.3, -0.25) is 0 Å². The molecule has 0 atom stereocenters. The Balaban J connectivity index is 1.98. The second kappa shape index (κ2) is 7.77. The Morgan fingerprint density at radius 1 is 0.545 bits per heavy atom. The van der Waals surface area contributed by atoms with E-state index in [1.165, 1.54) is 36.9 Å². The van der Waals surface area contributed by atoms with Gasteiger partial charge >= 0.3 is 0 Å². The fourth-order valence-electron chi connectivity index (χ4n) is 5.59. The monoisotopic (exact) mass is 452 g/mol. The van der Waals surface area contributed by atoms with Crippen molar-refractivity contribution in [1.82, 2.24) is 0 Å². The van der Waals surface area contributed by atoms with Gasteiger partial charge in [-0.15, -0.1) is 10.0 Å². The molecule has 0 fully saturated rings. The minimum Gasteiger partial charge on any atom is -0.131 e. The first kappa shape index (κ1) is 22.3. The van der Waals surface area contributed by atoms with Crippen LogP contribution in [0.2, 0.25) is 0 Å². The minimum atomic E-state index is -1.61. The Morgan fingerprint density at radius 3 is 1.58 bits per heavy atom. The van der Waals surface area contributed by atoms with Gasteiger partial charge in [-0.1, -0.05) is 108 Å². The zero-order chi connectivity index (χ0) is 23.4. The van der Waals surface area contributed by atoms with Gasteiger partial charge in [0.2, 0.25) is 0 Å². The van der Waals surface area contributed by atoms with Gasteiger partial charge in [-0.25, -0.2) is 0 Å². The van der Waals surface area contributed by atoms with Crippen molar-refractivity contribution < 1.29 is 0 Å². The highest BCUT2D eigenvalue weighted by atomic mass is 32.3. The molecule has 3 aromatic rings. The Hall–Kier alpha value is -2.51. The van der Waals surface area contributed by atoms with Gasteiger partial charge in [-0.2, -0.15) is 0 Å². The molecule has 0 bridgehead atoms. The smallest absolute Gasteiger partial charge is 0.0102 e. The van der Waals surface area contributed by atoms with Crippen LogP contribution in [0.1, 0.15) is 59.9 Å². The summed E-state index contributed by atoms with van der Waals surface area (Å²) in [6.45, 7) is 14.2. The molecule has 0 spiro atoms. The van der Waals surface area contributed by atoms with Crippen LogP contribution in [-0.4, -0.2) is 0 Å². The van der Waals surface area contributed by atoms with Crippen molar-refractivity contribution in [2.45, 2.75) is 74.5 Å². The number of benzene rings is 3. The molecule has 1 heterocycles. The fraction of sp³-hybridized carbons (Fsp3) is 0.312. The third-order valence-corrected chi connectivity index (χ3v) is 11.1. The predicted octanol–water partition coefficient (Wildman–Crippen LogP) is 9.90. The Bertz CT molecular complexity index is 1230. The summed E-state index contributed by atoms with van der Waals surface area (Å²) >= 11 is 0. The summed E-state index contributed by atoms with van der Waals surface area (Å²) in [5, 5.41) is 0. The second-order valence-corrected chi connectivity index (χ2v) is 14.3. The summed E-state index contributed by atoms with van der Waals surface area (Å²) < 4.78 is 0. The molecular formula is C32H36S. The van der Waals surface area contributed by atoms with Crippen molar-refractivity contribution in [3.05, 3.63) is 101 Å². The van der Waals surface area contributed by atoms with Crippen LogP contribution in [0.25, 0.3) is 11.1 Å². The fourth-order valence-corrected chi connectivity index (χ4v) is 10.7. The molecule has 3 aromatic carbocycles. The lowest BCUT2D eigenvalue weighted by Crippen LogP contribution is -2.21. The third-order valence-electron chi connectivity index (χ3n) is 7.00. The van der Waals surface area contributed by atoms with E-state index in [1.807, 2.05) is 0 Å². The van der Waals surface area contributed by atoms with E-state index in [9.17, 15) is 0 Å². The molecule has 1 aliphatic heterocycles. The van der Waals surface area contributed by atoms with Crippen molar-refractivity contribution in [3.8, 4) is 11.1 Å². The maximum absolute atomic E-state index is 2.59. The minimum absolute atomic E-state index is 0.0594. The van der Waals surface area contributed by atoms with Gasteiger partial charge in [0.05, 0.1) is 0 Å². The Morgan fingerprint density at radius 2 is 1.03 bits per heavy atom. The van der Waals surface area contributed by atoms with Crippen molar-refractivity contribution in [3.63, 3.8) is 0 Å². The molecule has 0 amide bonds. The van der Waals surface area contributed by atoms with Crippen molar-refractivity contribution in [2.75, 3.05) is 0 Å². The van der Waals surface area contributed by atoms with Crippen LogP contribution < -0.4 is 0 Å². The van der Waals surface area contributed by atoms with Crippen molar-refractivity contribution >= 4 is 10.0 Å². The van der Waals surface area contributed by atoms with Gasteiger partial charge in [-0.05, 0) is 64.1 Å². The van der Waals surface area contributed by atoms with E-state index in [2.05, 4.69) is 126 Å². The molecule has 170 valence electrons. The van der Waals surface area contributed by atoms with E-state index < -0.39 is 10.0 Å². The number of fused-ring (bicyclic) bond motifs is 3. The Labute approximate surface area is 201 Å². The number of allylic oxidation sites excluding steroid dienone is 3. The van der Waals surface area contributed by atoms with Gasteiger partial charge in [0.1, 0.15) is 0 Å². The van der Waals surface area contributed by atoms with E-state index in [1.54, 1.807) is 4.91 Å². The molecule has 0 saturated carbocycles. The van der Waals surface area contributed by atoms with E-state index in [-0.39, 0.29) is 10.8 Å². The lowest BCUT2D eigenvalue weighted by Gasteiger charge is -2.47. The first-order chi connectivity index (χ1) is 15.7. The van der Waals surface area contributed by atoms with Crippen LogP contribution in [0.15, 0.2) is 110 Å². The molecule has 5 rings (SSSR count). The molecule has 0 nitrogen and oxygen atoms in total. The maximum atomic E-state index is 2.59. The Kier molecular flexibility index (Phi) is 5.25. The molecule has 0 radical (unpaired) electrons. The van der Waals surface area contributed by atoms with Crippen LogP contribution in [0.4, 0.5) is 0 Å². The zero-order valence-corrected chi connectivity index (χ0v) is 21.7. The summed E-state index contributed by atoms with van der Waals surface area (Å²) in [6.07, 6.45) is 7.38. The number of hydrogen-bond donors (Lipinski definition) is 0. The highest BCUT2D eigenvalue weighted by molar-refractivity contribution is 8.37. The van der Waals surface area contributed by atoms with Gasteiger partial charge < -0.3 is 0 Å². The molecule has 1 aliphatic carbocycles. The maximum Gasteiger partial charge on any atom is 0.0102 e. The summed E-state index contributed by atoms with van der Waals surface area (Å²) in [7, 11) is -1.61. The quantitative estimate of drug-likeness (QED) is 0.363. The van der Waals surface area contributed by atoms with E-state index >= 15 is 0 Å². The zero-order valence-electron chi connectivity index (χ0n) is 20.9. The average Bonchev–Trinajstić information content (AvgIpc) is 3.09. The van der Waals surface area contributed by atoms with Gasteiger partial charge in [0.15, 0.2) is 0 Å². The van der Waals surface area contributed by atoms with E-state index in [4.69, 9.17) is 0 Å². The van der Waals surface area contributed by atoms with Crippen LogP contribution in [0.3, 0.4) is 0 Å². The largest absolute Gasteiger partial charge is 0.131 e. The lowest BCUT2D eigenvalue weighted by atomic mass is 9.83. The highest BCUT2D eigenvalue weighted by Gasteiger charge is 2.47. The number of hydrogen-bond acceptors (Lipinski definition) is 0. The standard InChI is InChI=1S/C32H36S/c1-31(2,3)25-17-9-13-21-29(25)33(30-22-14-10-18-26(30)32(4,5)6)27-19-11-7-15-23(27)24-16-8-12-20-28(24)33/h7-9,11-13,15-22H,10,14H2,1-6H3. The molecule has 2 aliphatic rings. The molecule has 0 N–H and O–H groups in total. The SMILES string of the molecule is CC(C)(C)C1=CCCC=C1S1(c2ccccc2C(C)(C)C)c2ccccc2-c2ccccc21. The van der Waals surface area contributed by atoms with Gasteiger partial charge in [0.25, 0.3) is 0 Å². The first-order valence-corrected chi connectivity index (χ1v) is 13.8. The molecule has 33 heavy (non-hydrogen) atoms. The summed E-state index contributed by atoms with van der Waals surface area (Å²) in [5.41, 5.74) is 5.96. The van der Waals surface area contributed by atoms with Crippen molar-refractivity contribution in [1.29, 1.82) is 0 Å².